The third-order valence-corrected chi connectivity index (χ3v) is 4.81. The lowest BCUT2D eigenvalue weighted by molar-refractivity contribution is -0.0827. The molecule has 1 aromatic carbocycles. The average Bonchev–Trinajstić information content (AvgIpc) is 2.44. The fourth-order valence-corrected chi connectivity index (χ4v) is 3.16. The van der Waals surface area contributed by atoms with Crippen molar-refractivity contribution in [2.45, 2.75) is 31.9 Å². The molecule has 0 radical (unpaired) electrons. The Bertz CT molecular complexity index is 485. The number of methoxy groups -OCH3 is 1. The number of ether oxygens (including phenoxy) is 1. The van der Waals surface area contributed by atoms with Crippen LogP contribution in [0.2, 0.25) is 5.02 Å². The quantitative estimate of drug-likeness (QED) is 0.906. The highest BCUT2D eigenvalue weighted by atomic mass is 35.5. The minimum atomic E-state index is -0.654. The van der Waals surface area contributed by atoms with E-state index in [0.717, 1.165) is 25.1 Å². The lowest BCUT2D eigenvalue weighted by Crippen LogP contribution is -2.51. The summed E-state index contributed by atoms with van der Waals surface area (Å²) in [5, 5.41) is 11.1. The first-order valence-electron chi connectivity index (χ1n) is 7.32. The van der Waals surface area contributed by atoms with Crippen molar-refractivity contribution in [3.8, 4) is 0 Å². The van der Waals surface area contributed by atoms with Crippen LogP contribution in [0.5, 0.6) is 0 Å². The van der Waals surface area contributed by atoms with Crippen molar-refractivity contribution in [2.75, 3.05) is 26.8 Å². The summed E-state index contributed by atoms with van der Waals surface area (Å²) < 4.78 is 18.1. The molecule has 0 saturated carbocycles. The van der Waals surface area contributed by atoms with Gasteiger partial charge in [-0.1, -0.05) is 24.6 Å². The molecular weight excluding hydrogens is 293 g/mol. The summed E-state index contributed by atoms with van der Waals surface area (Å²) in [5.74, 6) is -0.148. The first kappa shape index (κ1) is 16.7. The molecule has 1 fully saturated rings. The zero-order chi connectivity index (χ0) is 15.5. The predicted octanol–water partition coefficient (Wildman–Crippen LogP) is 3.09. The van der Waals surface area contributed by atoms with Gasteiger partial charge >= 0.3 is 0 Å². The van der Waals surface area contributed by atoms with E-state index in [2.05, 4.69) is 11.8 Å². The molecule has 1 aliphatic rings. The highest BCUT2D eigenvalue weighted by Gasteiger charge is 2.38. The van der Waals surface area contributed by atoms with Crippen LogP contribution in [0.15, 0.2) is 18.2 Å². The van der Waals surface area contributed by atoms with Gasteiger partial charge in [-0.3, -0.25) is 4.90 Å². The number of hydrogen-bond acceptors (Lipinski definition) is 3. The van der Waals surface area contributed by atoms with E-state index in [9.17, 15) is 9.50 Å². The van der Waals surface area contributed by atoms with Crippen LogP contribution in [0.1, 0.15) is 25.3 Å². The standard InChI is InChI=1S/C16H23ClFNO2/c1-12-10-19(7-5-16(12,20)6-8-21-2)11-13-3-4-14(18)9-15(13)17/h3-4,9,12,20H,5-8,10-11H2,1-2H3/t12-,16-/m1/s1. The van der Waals surface area contributed by atoms with Gasteiger partial charge in [-0.05, 0) is 36.5 Å². The molecule has 118 valence electrons. The third-order valence-electron chi connectivity index (χ3n) is 4.46. The number of rotatable bonds is 5. The van der Waals surface area contributed by atoms with E-state index in [4.69, 9.17) is 16.3 Å². The van der Waals surface area contributed by atoms with Crippen molar-refractivity contribution in [2.24, 2.45) is 5.92 Å². The van der Waals surface area contributed by atoms with E-state index < -0.39 is 5.60 Å². The van der Waals surface area contributed by atoms with Crippen LogP contribution < -0.4 is 0 Å². The molecule has 0 aliphatic carbocycles. The average molecular weight is 316 g/mol. The maximum absolute atomic E-state index is 13.1. The summed E-state index contributed by atoms with van der Waals surface area (Å²) in [6.07, 6.45) is 1.38. The fourth-order valence-electron chi connectivity index (χ4n) is 2.93. The monoisotopic (exact) mass is 315 g/mol. The number of hydrogen-bond donors (Lipinski definition) is 1. The highest BCUT2D eigenvalue weighted by molar-refractivity contribution is 6.31. The van der Waals surface area contributed by atoms with E-state index in [0.29, 0.717) is 24.6 Å². The molecule has 1 aliphatic heterocycles. The second-order valence-electron chi connectivity index (χ2n) is 5.97. The third kappa shape index (κ3) is 4.16. The molecule has 0 unspecified atom stereocenters. The molecule has 3 nitrogen and oxygen atoms in total. The van der Waals surface area contributed by atoms with Crippen molar-refractivity contribution in [1.82, 2.24) is 4.90 Å². The van der Waals surface area contributed by atoms with Gasteiger partial charge < -0.3 is 9.84 Å². The van der Waals surface area contributed by atoms with Crippen molar-refractivity contribution in [3.63, 3.8) is 0 Å². The van der Waals surface area contributed by atoms with Gasteiger partial charge in [-0.15, -0.1) is 0 Å². The maximum atomic E-state index is 13.1. The molecule has 1 heterocycles. The van der Waals surface area contributed by atoms with Crippen molar-refractivity contribution in [3.05, 3.63) is 34.6 Å². The molecule has 21 heavy (non-hydrogen) atoms. The zero-order valence-electron chi connectivity index (χ0n) is 12.6. The minimum absolute atomic E-state index is 0.167. The van der Waals surface area contributed by atoms with E-state index in [1.807, 2.05) is 0 Å². The van der Waals surface area contributed by atoms with Gasteiger partial charge in [0.05, 0.1) is 5.60 Å². The molecule has 0 spiro atoms. The zero-order valence-corrected chi connectivity index (χ0v) is 13.4. The van der Waals surface area contributed by atoms with E-state index >= 15 is 0 Å². The van der Waals surface area contributed by atoms with Crippen LogP contribution in [0, 0.1) is 11.7 Å². The summed E-state index contributed by atoms with van der Waals surface area (Å²) in [7, 11) is 1.65. The van der Waals surface area contributed by atoms with E-state index in [1.54, 1.807) is 13.2 Å². The number of aliphatic hydroxyl groups is 1. The highest BCUT2D eigenvalue weighted by Crippen LogP contribution is 2.32. The summed E-state index contributed by atoms with van der Waals surface area (Å²) in [4.78, 5) is 2.26. The van der Waals surface area contributed by atoms with E-state index in [-0.39, 0.29) is 11.7 Å². The van der Waals surface area contributed by atoms with Crippen LogP contribution in [-0.2, 0) is 11.3 Å². The Morgan fingerprint density at radius 3 is 2.90 bits per heavy atom. The van der Waals surface area contributed by atoms with Gasteiger partial charge in [0.1, 0.15) is 5.82 Å². The Balaban J connectivity index is 1.96. The number of likely N-dealkylation sites (tertiary alicyclic amines) is 1. The molecular formula is C16H23ClFNO2. The predicted molar refractivity (Wildman–Crippen MR) is 81.9 cm³/mol. The normalized spacial score (nSPS) is 27.0. The Morgan fingerprint density at radius 1 is 1.52 bits per heavy atom. The molecule has 1 aromatic rings. The van der Waals surface area contributed by atoms with Crippen molar-refractivity contribution >= 4 is 11.6 Å². The van der Waals surface area contributed by atoms with E-state index in [1.165, 1.54) is 12.1 Å². The lowest BCUT2D eigenvalue weighted by Gasteiger charge is -2.43. The molecule has 2 rings (SSSR count). The van der Waals surface area contributed by atoms with Crippen molar-refractivity contribution in [1.29, 1.82) is 0 Å². The Hall–Kier alpha value is -0.680. The maximum Gasteiger partial charge on any atom is 0.124 e. The Kier molecular flexibility index (Phi) is 5.60. The summed E-state index contributed by atoms with van der Waals surface area (Å²) >= 11 is 6.08. The molecule has 1 saturated heterocycles. The molecule has 5 heteroatoms. The topological polar surface area (TPSA) is 32.7 Å². The first-order chi connectivity index (χ1) is 9.94. The lowest BCUT2D eigenvalue weighted by atomic mass is 9.80. The molecule has 0 bridgehead atoms. The van der Waals surface area contributed by atoms with Gasteiger partial charge in [0.2, 0.25) is 0 Å². The summed E-state index contributed by atoms with van der Waals surface area (Å²) in [6, 6.07) is 4.51. The van der Waals surface area contributed by atoms with Gasteiger partial charge in [-0.2, -0.15) is 0 Å². The number of halogens is 2. The molecule has 0 aromatic heterocycles. The molecule has 1 N–H and O–H groups in total. The van der Waals surface area contributed by atoms with Gasteiger partial charge in [0.25, 0.3) is 0 Å². The Labute approximate surface area is 130 Å². The SMILES string of the molecule is COCC[C@]1(O)CCN(Cc2ccc(F)cc2Cl)C[C@H]1C. The van der Waals surface area contributed by atoms with Crippen LogP contribution in [0.3, 0.4) is 0 Å². The number of nitrogens with zero attached hydrogens (tertiary/aromatic N) is 1. The fraction of sp³-hybridized carbons (Fsp3) is 0.625. The van der Waals surface area contributed by atoms with Crippen LogP contribution >= 0.6 is 11.6 Å². The van der Waals surface area contributed by atoms with Crippen LogP contribution in [0.25, 0.3) is 0 Å². The molecule has 2 atom stereocenters. The van der Waals surface area contributed by atoms with Crippen LogP contribution in [0.4, 0.5) is 4.39 Å². The number of piperidine rings is 1. The second kappa shape index (κ2) is 7.05. The van der Waals surface area contributed by atoms with Crippen LogP contribution in [-0.4, -0.2) is 42.4 Å². The molecule has 0 amide bonds. The summed E-state index contributed by atoms with van der Waals surface area (Å²) in [6.45, 7) is 4.93. The van der Waals surface area contributed by atoms with Gasteiger partial charge in [0.15, 0.2) is 0 Å². The number of benzene rings is 1. The summed E-state index contributed by atoms with van der Waals surface area (Å²) in [5.41, 5.74) is 0.270. The van der Waals surface area contributed by atoms with Crippen molar-refractivity contribution < 1.29 is 14.2 Å². The second-order valence-corrected chi connectivity index (χ2v) is 6.38. The Morgan fingerprint density at radius 2 is 2.29 bits per heavy atom. The van der Waals surface area contributed by atoms with Gasteiger partial charge in [0, 0.05) is 38.4 Å². The smallest absolute Gasteiger partial charge is 0.124 e. The first-order valence-corrected chi connectivity index (χ1v) is 7.70. The minimum Gasteiger partial charge on any atom is -0.389 e. The largest absolute Gasteiger partial charge is 0.389 e. The van der Waals surface area contributed by atoms with Gasteiger partial charge in [-0.25, -0.2) is 4.39 Å².